The fourth-order valence-corrected chi connectivity index (χ4v) is 3.92. The van der Waals surface area contributed by atoms with Crippen LogP contribution in [0.25, 0.3) is 0 Å². The first kappa shape index (κ1) is 20.5. The predicted octanol–water partition coefficient (Wildman–Crippen LogP) is 3.84. The number of nitrogens with one attached hydrogen (secondary N) is 1. The van der Waals surface area contributed by atoms with E-state index in [1.807, 2.05) is 50.2 Å². The van der Waals surface area contributed by atoms with Crippen LogP contribution < -0.4 is 5.32 Å². The second-order valence-electron chi connectivity index (χ2n) is 7.85. The first-order valence-electron chi connectivity index (χ1n) is 9.83. The molecule has 1 fully saturated rings. The van der Waals surface area contributed by atoms with Gasteiger partial charge in [0.2, 0.25) is 5.91 Å². The van der Waals surface area contributed by atoms with Crippen molar-refractivity contribution in [2.45, 2.75) is 38.6 Å². The van der Waals surface area contributed by atoms with Gasteiger partial charge in [-0.1, -0.05) is 37.6 Å². The monoisotopic (exact) mass is 401 g/mol. The molecule has 0 aliphatic carbocycles. The van der Waals surface area contributed by atoms with Crippen molar-refractivity contribution in [1.29, 1.82) is 0 Å². The molecule has 1 saturated heterocycles. The van der Waals surface area contributed by atoms with Crippen LogP contribution in [0, 0.1) is 5.92 Å². The van der Waals surface area contributed by atoms with E-state index in [1.165, 1.54) is 5.56 Å². The highest BCUT2D eigenvalue weighted by Gasteiger charge is 2.32. The Morgan fingerprint density at radius 3 is 2.29 bits per heavy atom. The summed E-state index contributed by atoms with van der Waals surface area (Å²) in [6.45, 7) is 5.34. The third kappa shape index (κ3) is 4.58. The van der Waals surface area contributed by atoms with Gasteiger partial charge in [0.05, 0.1) is 0 Å². The molecule has 28 heavy (non-hydrogen) atoms. The van der Waals surface area contributed by atoms with Gasteiger partial charge in [-0.15, -0.1) is 0 Å². The normalized spacial score (nSPS) is 16.2. The molecule has 1 N–H and O–H groups in total. The van der Waals surface area contributed by atoms with Gasteiger partial charge in [-0.3, -0.25) is 9.59 Å². The summed E-state index contributed by atoms with van der Waals surface area (Å²) in [5.74, 6) is 0.255. The highest BCUT2D eigenvalue weighted by atomic mass is 35.5. The first-order chi connectivity index (χ1) is 13.4. The van der Waals surface area contributed by atoms with E-state index in [-0.39, 0.29) is 17.7 Å². The smallest absolute Gasteiger partial charge is 0.268 e. The van der Waals surface area contributed by atoms with E-state index >= 15 is 0 Å². The van der Waals surface area contributed by atoms with Crippen molar-refractivity contribution >= 4 is 23.4 Å². The van der Waals surface area contributed by atoms with E-state index in [0.29, 0.717) is 24.7 Å². The predicted molar refractivity (Wildman–Crippen MR) is 112 cm³/mol. The summed E-state index contributed by atoms with van der Waals surface area (Å²) in [6.07, 6.45) is 3.66. The molecule has 5 nitrogen and oxygen atoms in total. The number of piperidine rings is 1. The van der Waals surface area contributed by atoms with Crippen LogP contribution in [0.5, 0.6) is 0 Å². The maximum absolute atomic E-state index is 13.1. The average Bonchev–Trinajstić information content (AvgIpc) is 3.12. The van der Waals surface area contributed by atoms with Crippen LogP contribution in [-0.4, -0.2) is 40.4 Å². The number of carbonyl (C=O) groups excluding carboxylic acids is 2. The van der Waals surface area contributed by atoms with E-state index in [9.17, 15) is 9.59 Å². The van der Waals surface area contributed by atoms with Crippen molar-refractivity contribution in [3.8, 4) is 0 Å². The van der Waals surface area contributed by atoms with E-state index in [0.717, 1.165) is 17.9 Å². The summed E-state index contributed by atoms with van der Waals surface area (Å²) >= 11 is 5.98. The Hall–Kier alpha value is -2.27. The largest absolute Gasteiger partial charge is 0.347 e. The standard InChI is InChI=1S/C22H28ClN3O2/c1-15(2)20(24-21(27)19-5-4-12-25(19)3)22(28)26-13-10-17(11-14-26)16-6-8-18(23)9-7-16/h4-9,12,15,17,20H,10-11,13-14H2,1-3H3,(H,24,27). The molecule has 1 aliphatic rings. The zero-order valence-electron chi connectivity index (χ0n) is 16.7. The van der Waals surface area contributed by atoms with Crippen LogP contribution in [-0.2, 0) is 11.8 Å². The van der Waals surface area contributed by atoms with Crippen LogP contribution in [0.1, 0.15) is 48.7 Å². The molecule has 1 atom stereocenters. The number of likely N-dealkylation sites (tertiary alicyclic amines) is 1. The molecule has 1 aliphatic heterocycles. The third-order valence-electron chi connectivity index (χ3n) is 5.54. The number of hydrogen-bond donors (Lipinski definition) is 1. The van der Waals surface area contributed by atoms with Gasteiger partial charge < -0.3 is 14.8 Å². The number of aromatic nitrogens is 1. The molecule has 1 aromatic heterocycles. The topological polar surface area (TPSA) is 54.3 Å². The molecule has 0 radical (unpaired) electrons. The lowest BCUT2D eigenvalue weighted by atomic mass is 9.89. The van der Waals surface area contributed by atoms with E-state index in [2.05, 4.69) is 17.4 Å². The zero-order valence-corrected chi connectivity index (χ0v) is 17.4. The number of rotatable bonds is 5. The molecule has 1 aromatic carbocycles. The molecule has 150 valence electrons. The lowest BCUT2D eigenvalue weighted by Gasteiger charge is -2.35. The number of halogens is 1. The Kier molecular flexibility index (Phi) is 6.45. The molecule has 2 aromatic rings. The Morgan fingerprint density at radius 1 is 1.11 bits per heavy atom. The minimum Gasteiger partial charge on any atom is -0.347 e. The van der Waals surface area contributed by atoms with Crippen molar-refractivity contribution in [3.05, 3.63) is 58.9 Å². The third-order valence-corrected chi connectivity index (χ3v) is 5.80. The first-order valence-corrected chi connectivity index (χ1v) is 10.2. The van der Waals surface area contributed by atoms with Crippen molar-refractivity contribution in [3.63, 3.8) is 0 Å². The van der Waals surface area contributed by atoms with Crippen molar-refractivity contribution in [1.82, 2.24) is 14.8 Å². The Morgan fingerprint density at radius 2 is 1.75 bits per heavy atom. The molecule has 0 spiro atoms. The maximum Gasteiger partial charge on any atom is 0.268 e. The number of nitrogens with zero attached hydrogens (tertiary/aromatic N) is 2. The molecular weight excluding hydrogens is 374 g/mol. The van der Waals surface area contributed by atoms with Gasteiger partial charge in [0.15, 0.2) is 0 Å². The summed E-state index contributed by atoms with van der Waals surface area (Å²) in [5.41, 5.74) is 1.83. The quantitative estimate of drug-likeness (QED) is 0.827. The fourth-order valence-electron chi connectivity index (χ4n) is 3.79. The molecule has 3 rings (SSSR count). The number of hydrogen-bond acceptors (Lipinski definition) is 2. The maximum atomic E-state index is 13.1. The SMILES string of the molecule is CC(C)C(NC(=O)c1cccn1C)C(=O)N1CCC(c2ccc(Cl)cc2)CC1. The van der Waals surface area contributed by atoms with Crippen LogP contribution in [0.3, 0.4) is 0 Å². The van der Waals surface area contributed by atoms with Gasteiger partial charge in [0, 0.05) is 31.4 Å². The van der Waals surface area contributed by atoms with Crippen LogP contribution >= 0.6 is 11.6 Å². The summed E-state index contributed by atoms with van der Waals surface area (Å²) in [4.78, 5) is 27.6. The minimum absolute atomic E-state index is 0.00659. The lowest BCUT2D eigenvalue weighted by molar-refractivity contribution is -0.135. The van der Waals surface area contributed by atoms with Gasteiger partial charge in [-0.2, -0.15) is 0 Å². The average molecular weight is 402 g/mol. The summed E-state index contributed by atoms with van der Waals surface area (Å²) in [7, 11) is 1.82. The van der Waals surface area contributed by atoms with Crippen molar-refractivity contribution < 1.29 is 9.59 Å². The Balaban J connectivity index is 1.62. The van der Waals surface area contributed by atoms with Gasteiger partial charge in [0.1, 0.15) is 11.7 Å². The second kappa shape index (κ2) is 8.82. The highest BCUT2D eigenvalue weighted by molar-refractivity contribution is 6.30. The molecule has 0 bridgehead atoms. The van der Waals surface area contributed by atoms with E-state index in [1.54, 1.807) is 10.6 Å². The molecule has 1 unspecified atom stereocenters. The van der Waals surface area contributed by atoms with Gasteiger partial charge in [-0.25, -0.2) is 0 Å². The Bertz CT molecular complexity index is 821. The number of amides is 2. The van der Waals surface area contributed by atoms with Gasteiger partial charge in [0.25, 0.3) is 5.91 Å². The van der Waals surface area contributed by atoms with E-state index in [4.69, 9.17) is 11.6 Å². The molecule has 0 saturated carbocycles. The van der Waals surface area contributed by atoms with E-state index < -0.39 is 6.04 Å². The summed E-state index contributed by atoms with van der Waals surface area (Å²) in [5, 5.41) is 3.68. The summed E-state index contributed by atoms with van der Waals surface area (Å²) in [6, 6.07) is 11.0. The molecular formula is C22H28ClN3O2. The van der Waals surface area contributed by atoms with Gasteiger partial charge >= 0.3 is 0 Å². The highest BCUT2D eigenvalue weighted by Crippen LogP contribution is 2.29. The number of aryl methyl sites for hydroxylation is 1. The lowest BCUT2D eigenvalue weighted by Crippen LogP contribution is -2.53. The van der Waals surface area contributed by atoms with Crippen LogP contribution in [0.4, 0.5) is 0 Å². The van der Waals surface area contributed by atoms with Crippen LogP contribution in [0.2, 0.25) is 5.02 Å². The molecule has 2 amide bonds. The zero-order chi connectivity index (χ0) is 20.3. The van der Waals surface area contributed by atoms with Crippen LogP contribution in [0.15, 0.2) is 42.6 Å². The van der Waals surface area contributed by atoms with Crippen molar-refractivity contribution in [2.75, 3.05) is 13.1 Å². The van der Waals surface area contributed by atoms with Crippen molar-refractivity contribution in [2.24, 2.45) is 13.0 Å². The summed E-state index contributed by atoms with van der Waals surface area (Å²) < 4.78 is 1.76. The van der Waals surface area contributed by atoms with Gasteiger partial charge in [-0.05, 0) is 54.5 Å². The molecule has 6 heteroatoms. The Labute approximate surface area is 171 Å². The second-order valence-corrected chi connectivity index (χ2v) is 8.29. The minimum atomic E-state index is -0.519. The fraction of sp³-hybridized carbons (Fsp3) is 0.455. The number of carbonyl (C=O) groups is 2. The number of benzene rings is 1. The molecule has 2 heterocycles.